The van der Waals surface area contributed by atoms with Crippen molar-refractivity contribution in [2.24, 2.45) is 0 Å². The van der Waals surface area contributed by atoms with E-state index < -0.39 is 5.97 Å². The van der Waals surface area contributed by atoms with Crippen LogP contribution >= 0.6 is 0 Å². The molecule has 0 fully saturated rings. The lowest BCUT2D eigenvalue weighted by atomic mass is 10.1. The van der Waals surface area contributed by atoms with Gasteiger partial charge in [-0.3, -0.25) is 0 Å². The van der Waals surface area contributed by atoms with Crippen LogP contribution in [0.1, 0.15) is 71.1 Å². The number of hydrogen-bond acceptors (Lipinski definition) is 1. The van der Waals surface area contributed by atoms with Gasteiger partial charge in [0.05, 0.1) is 0 Å². The molecule has 0 amide bonds. The van der Waals surface area contributed by atoms with Crippen LogP contribution in [0, 0.1) is 0 Å². The van der Waals surface area contributed by atoms with Crippen LogP contribution in [0.25, 0.3) is 0 Å². The molecule has 0 aliphatic rings. The Bertz CT molecular complexity index is 362. The topological polar surface area (TPSA) is 37.3 Å². The maximum absolute atomic E-state index is 10.2. The van der Waals surface area contributed by atoms with E-state index in [-0.39, 0.29) is 0 Å². The predicted octanol–water partition coefficient (Wildman–Crippen LogP) is 6.22. The van der Waals surface area contributed by atoms with Gasteiger partial charge in [0, 0.05) is 6.08 Å². The normalized spacial score (nSPS) is 12.4. The molecule has 0 unspecified atom stereocenters. The Hall–Kier alpha value is -1.57. The highest BCUT2D eigenvalue weighted by Crippen LogP contribution is 2.10. The van der Waals surface area contributed by atoms with Gasteiger partial charge in [-0.15, -0.1) is 0 Å². The van der Waals surface area contributed by atoms with Crippen LogP contribution in [0.15, 0.2) is 48.6 Å². The molecule has 0 atom stereocenters. The fourth-order valence-electron chi connectivity index (χ4n) is 2.14. The SMILES string of the molecule is CCCCCCCCCCC/C=C/C=C\C=C/C=C/C(=O)O. The molecule has 0 aliphatic heterocycles. The van der Waals surface area contributed by atoms with E-state index in [4.69, 9.17) is 5.11 Å². The minimum absolute atomic E-state index is 0.922. The van der Waals surface area contributed by atoms with Crippen molar-refractivity contribution in [3.8, 4) is 0 Å². The Kier molecular flexibility index (Phi) is 16.2. The zero-order valence-corrected chi connectivity index (χ0v) is 14.0. The van der Waals surface area contributed by atoms with Crippen LogP contribution in [-0.2, 0) is 4.79 Å². The first-order valence-electron chi connectivity index (χ1n) is 8.67. The molecule has 0 aliphatic carbocycles. The van der Waals surface area contributed by atoms with Crippen LogP contribution in [0.2, 0.25) is 0 Å². The second-order valence-electron chi connectivity index (χ2n) is 5.51. The summed E-state index contributed by atoms with van der Waals surface area (Å²) in [5, 5.41) is 8.39. The highest BCUT2D eigenvalue weighted by Gasteiger charge is 1.90. The van der Waals surface area contributed by atoms with Crippen LogP contribution in [0.5, 0.6) is 0 Å². The van der Waals surface area contributed by atoms with Crippen LogP contribution in [0.4, 0.5) is 0 Å². The second kappa shape index (κ2) is 17.5. The smallest absolute Gasteiger partial charge is 0.328 e. The lowest BCUT2D eigenvalue weighted by molar-refractivity contribution is -0.131. The molecule has 0 rings (SSSR count). The average molecular weight is 304 g/mol. The van der Waals surface area contributed by atoms with Gasteiger partial charge in [0.15, 0.2) is 0 Å². The first-order chi connectivity index (χ1) is 10.8. The summed E-state index contributed by atoms with van der Waals surface area (Å²) in [7, 11) is 0. The first kappa shape index (κ1) is 20.4. The minimum atomic E-state index is -0.922. The van der Waals surface area contributed by atoms with Crippen molar-refractivity contribution in [1.29, 1.82) is 0 Å². The van der Waals surface area contributed by atoms with E-state index in [2.05, 4.69) is 19.1 Å². The van der Waals surface area contributed by atoms with E-state index >= 15 is 0 Å². The molecule has 1 N–H and O–H groups in total. The zero-order chi connectivity index (χ0) is 16.3. The number of hydrogen-bond donors (Lipinski definition) is 1. The Balaban J connectivity index is 3.35. The number of carboxylic acid groups (broad SMARTS) is 1. The van der Waals surface area contributed by atoms with Crippen LogP contribution in [0.3, 0.4) is 0 Å². The summed E-state index contributed by atoms with van der Waals surface area (Å²) in [5.41, 5.74) is 0. The van der Waals surface area contributed by atoms with Gasteiger partial charge in [0.2, 0.25) is 0 Å². The molecule has 0 aromatic rings. The number of unbranched alkanes of at least 4 members (excludes halogenated alkanes) is 9. The Morgan fingerprint density at radius 1 is 0.727 bits per heavy atom. The van der Waals surface area contributed by atoms with Crippen molar-refractivity contribution in [3.63, 3.8) is 0 Å². The minimum Gasteiger partial charge on any atom is -0.478 e. The largest absolute Gasteiger partial charge is 0.478 e. The third-order valence-corrected chi connectivity index (χ3v) is 3.40. The lowest BCUT2D eigenvalue weighted by Gasteiger charge is -2.00. The first-order valence-corrected chi connectivity index (χ1v) is 8.67. The highest BCUT2D eigenvalue weighted by atomic mass is 16.4. The fraction of sp³-hybridized carbons (Fsp3) is 0.550. The van der Waals surface area contributed by atoms with Crippen LogP contribution in [-0.4, -0.2) is 11.1 Å². The molecule has 2 nitrogen and oxygen atoms in total. The summed E-state index contributed by atoms with van der Waals surface area (Å²) in [4.78, 5) is 10.2. The molecule has 0 saturated carbocycles. The van der Waals surface area contributed by atoms with Gasteiger partial charge < -0.3 is 5.11 Å². The summed E-state index contributed by atoms with van der Waals surface area (Å²) in [6.45, 7) is 2.26. The predicted molar refractivity (Wildman–Crippen MR) is 96.0 cm³/mol. The van der Waals surface area contributed by atoms with E-state index in [1.807, 2.05) is 18.2 Å². The van der Waals surface area contributed by atoms with Gasteiger partial charge >= 0.3 is 5.97 Å². The molecular formula is C20H32O2. The van der Waals surface area contributed by atoms with Gasteiger partial charge in [-0.1, -0.05) is 101 Å². The van der Waals surface area contributed by atoms with E-state index in [1.54, 1.807) is 6.08 Å². The summed E-state index contributed by atoms with van der Waals surface area (Å²) in [6.07, 6.45) is 27.7. The van der Waals surface area contributed by atoms with Crippen molar-refractivity contribution in [2.75, 3.05) is 0 Å². The zero-order valence-electron chi connectivity index (χ0n) is 14.0. The van der Waals surface area contributed by atoms with E-state index in [9.17, 15) is 4.79 Å². The van der Waals surface area contributed by atoms with E-state index in [0.29, 0.717) is 0 Å². The van der Waals surface area contributed by atoms with Gasteiger partial charge in [-0.2, -0.15) is 0 Å². The summed E-state index contributed by atoms with van der Waals surface area (Å²) < 4.78 is 0. The molecule has 0 heterocycles. The van der Waals surface area contributed by atoms with E-state index in [0.717, 1.165) is 12.5 Å². The molecule has 0 spiro atoms. The standard InChI is InChI=1S/C20H32O2/c1-2-3-4-5-6-7-8-9-10-11-12-13-14-15-16-17-18-19-20(21)22/h12-19H,2-11H2,1H3,(H,21,22)/b13-12+,15-14-,17-16-,19-18+. The monoisotopic (exact) mass is 304 g/mol. The van der Waals surface area contributed by atoms with Gasteiger partial charge in [-0.25, -0.2) is 4.79 Å². The molecule has 22 heavy (non-hydrogen) atoms. The molecule has 0 aromatic carbocycles. The molecular weight excluding hydrogens is 272 g/mol. The maximum atomic E-state index is 10.2. The molecule has 0 radical (unpaired) electrons. The van der Waals surface area contributed by atoms with Gasteiger partial charge in [0.25, 0.3) is 0 Å². The second-order valence-corrected chi connectivity index (χ2v) is 5.51. The Morgan fingerprint density at radius 3 is 1.82 bits per heavy atom. The molecule has 0 bridgehead atoms. The summed E-state index contributed by atoms with van der Waals surface area (Å²) in [5.74, 6) is -0.922. The molecule has 0 aromatic heterocycles. The van der Waals surface area contributed by atoms with Crippen molar-refractivity contribution in [2.45, 2.75) is 71.1 Å². The number of allylic oxidation sites excluding steroid dienone is 7. The fourth-order valence-corrected chi connectivity index (χ4v) is 2.14. The van der Waals surface area contributed by atoms with Crippen molar-refractivity contribution < 1.29 is 9.90 Å². The number of rotatable bonds is 14. The maximum Gasteiger partial charge on any atom is 0.328 e. The molecule has 0 saturated heterocycles. The quantitative estimate of drug-likeness (QED) is 0.235. The number of carboxylic acids is 1. The third-order valence-electron chi connectivity index (χ3n) is 3.40. The Labute approximate surface area is 136 Å². The van der Waals surface area contributed by atoms with Crippen molar-refractivity contribution in [3.05, 3.63) is 48.6 Å². The molecule has 124 valence electrons. The van der Waals surface area contributed by atoms with Crippen LogP contribution < -0.4 is 0 Å². The Morgan fingerprint density at radius 2 is 1.23 bits per heavy atom. The van der Waals surface area contributed by atoms with Gasteiger partial charge in [0.1, 0.15) is 0 Å². The van der Waals surface area contributed by atoms with Crippen molar-refractivity contribution in [1.82, 2.24) is 0 Å². The third kappa shape index (κ3) is 18.4. The van der Waals surface area contributed by atoms with E-state index in [1.165, 1.54) is 63.9 Å². The average Bonchev–Trinajstić information content (AvgIpc) is 2.50. The molecule has 2 heteroatoms. The summed E-state index contributed by atoms with van der Waals surface area (Å²) in [6, 6.07) is 0. The lowest BCUT2D eigenvalue weighted by Crippen LogP contribution is -1.84. The number of carbonyl (C=O) groups is 1. The summed E-state index contributed by atoms with van der Waals surface area (Å²) >= 11 is 0. The number of aliphatic carboxylic acids is 1. The highest BCUT2D eigenvalue weighted by molar-refractivity contribution is 5.80. The van der Waals surface area contributed by atoms with Crippen molar-refractivity contribution >= 4 is 5.97 Å². The van der Waals surface area contributed by atoms with Gasteiger partial charge in [-0.05, 0) is 12.8 Å².